The van der Waals surface area contributed by atoms with Crippen LogP contribution in [-0.2, 0) is 11.2 Å². The minimum atomic E-state index is -0.0123. The number of likely N-dealkylation sites (N-methyl/N-ethyl adjacent to an activating group) is 1. The second-order valence-corrected chi connectivity index (χ2v) is 6.70. The number of benzene rings is 1. The number of rotatable bonds is 7. The van der Waals surface area contributed by atoms with Gasteiger partial charge in [-0.1, -0.05) is 12.1 Å². The summed E-state index contributed by atoms with van der Waals surface area (Å²) in [5, 5.41) is 7.57. The van der Waals surface area contributed by atoms with E-state index in [2.05, 4.69) is 26.7 Å². The van der Waals surface area contributed by atoms with Crippen molar-refractivity contribution < 1.29 is 4.79 Å². The van der Waals surface area contributed by atoms with E-state index in [0.29, 0.717) is 5.96 Å². The molecule has 1 amide bonds. The fourth-order valence-electron chi connectivity index (χ4n) is 2.10. The molecule has 0 bridgehead atoms. The molecule has 0 fully saturated rings. The molecule has 0 atom stereocenters. The van der Waals surface area contributed by atoms with Crippen molar-refractivity contribution in [3.8, 4) is 0 Å². The molecule has 0 aliphatic carbocycles. The Balaban J connectivity index is 1.79. The lowest BCUT2D eigenvalue weighted by atomic mass is 10.3. The van der Waals surface area contributed by atoms with Gasteiger partial charge < -0.3 is 15.5 Å². The number of carbonyl (C=O) groups is 1. The Kier molecular flexibility index (Phi) is 6.99. The van der Waals surface area contributed by atoms with Crippen molar-refractivity contribution in [3.63, 3.8) is 0 Å². The van der Waals surface area contributed by atoms with E-state index in [4.69, 9.17) is 0 Å². The summed E-state index contributed by atoms with van der Waals surface area (Å²) in [4.78, 5) is 22.1. The molecule has 0 saturated carbocycles. The van der Waals surface area contributed by atoms with E-state index in [1.807, 2.05) is 25.1 Å². The van der Waals surface area contributed by atoms with E-state index in [-0.39, 0.29) is 12.5 Å². The molecule has 0 spiro atoms. The van der Waals surface area contributed by atoms with Crippen LogP contribution in [0.15, 0.2) is 29.3 Å². The number of thiazole rings is 1. The third-order valence-corrected chi connectivity index (χ3v) is 4.51. The van der Waals surface area contributed by atoms with E-state index in [0.717, 1.165) is 36.5 Å². The van der Waals surface area contributed by atoms with Crippen molar-refractivity contribution in [1.82, 2.24) is 20.5 Å². The van der Waals surface area contributed by atoms with Gasteiger partial charge in [0, 0.05) is 33.6 Å². The van der Waals surface area contributed by atoms with Crippen LogP contribution < -0.4 is 10.6 Å². The molecule has 2 N–H and O–H groups in total. The van der Waals surface area contributed by atoms with Crippen molar-refractivity contribution in [3.05, 3.63) is 29.3 Å². The molecule has 0 saturated heterocycles. The molecule has 0 aliphatic rings. The highest BCUT2D eigenvalue weighted by Crippen LogP contribution is 2.22. The predicted molar refractivity (Wildman–Crippen MR) is 101 cm³/mol. The Morgan fingerprint density at radius 2 is 2.08 bits per heavy atom. The Hall–Kier alpha value is -2.15. The van der Waals surface area contributed by atoms with Crippen molar-refractivity contribution in [2.75, 3.05) is 33.7 Å². The first-order valence-corrected chi connectivity index (χ1v) is 8.98. The normalized spacial score (nSPS) is 11.5. The number of aliphatic imine (C=N–C) groups is 1. The average Bonchev–Trinajstić information content (AvgIpc) is 2.98. The topological polar surface area (TPSA) is 69.6 Å². The van der Waals surface area contributed by atoms with Gasteiger partial charge in [0.1, 0.15) is 6.54 Å². The minimum absolute atomic E-state index is 0.0123. The van der Waals surface area contributed by atoms with Gasteiger partial charge in [-0.25, -0.2) is 9.98 Å². The highest BCUT2D eigenvalue weighted by molar-refractivity contribution is 7.18. The number of nitrogens with zero attached hydrogens (tertiary/aromatic N) is 3. The fraction of sp³-hybridized carbons (Fsp3) is 0.471. The van der Waals surface area contributed by atoms with Crippen molar-refractivity contribution in [2.24, 2.45) is 4.99 Å². The molecule has 2 rings (SSSR count). The van der Waals surface area contributed by atoms with Crippen molar-refractivity contribution in [1.29, 1.82) is 0 Å². The first-order valence-electron chi connectivity index (χ1n) is 8.17. The van der Waals surface area contributed by atoms with Crippen molar-refractivity contribution >= 4 is 33.4 Å². The molecule has 2 aromatic rings. The molecular weight excluding hydrogens is 322 g/mol. The van der Waals surface area contributed by atoms with Gasteiger partial charge >= 0.3 is 0 Å². The van der Waals surface area contributed by atoms with Gasteiger partial charge in [-0.05, 0) is 25.5 Å². The van der Waals surface area contributed by atoms with Crippen LogP contribution in [0.1, 0.15) is 18.4 Å². The van der Waals surface area contributed by atoms with Gasteiger partial charge in [0.25, 0.3) is 0 Å². The van der Waals surface area contributed by atoms with Crippen molar-refractivity contribution in [2.45, 2.75) is 19.8 Å². The monoisotopic (exact) mass is 347 g/mol. The number of fused-ring (bicyclic) bond motifs is 1. The van der Waals surface area contributed by atoms with Gasteiger partial charge in [-0.15, -0.1) is 11.3 Å². The van der Waals surface area contributed by atoms with Gasteiger partial charge in [0.05, 0.1) is 15.2 Å². The third-order valence-electron chi connectivity index (χ3n) is 3.41. The molecule has 6 nitrogen and oxygen atoms in total. The number of hydrogen-bond acceptors (Lipinski definition) is 4. The summed E-state index contributed by atoms with van der Waals surface area (Å²) >= 11 is 1.75. The number of para-hydroxylation sites is 1. The lowest BCUT2D eigenvalue weighted by Crippen LogP contribution is -2.39. The standard InChI is InChI=1S/C17H25N5OS/c1-4-18-17(20-12-16(23)22(2)3)19-11-7-10-15-21-13-8-5-6-9-14(13)24-15/h5-6,8-9H,4,7,10-12H2,1-3H3,(H2,18,19,20). The zero-order valence-electron chi connectivity index (χ0n) is 14.5. The summed E-state index contributed by atoms with van der Waals surface area (Å²) in [6.07, 6.45) is 1.90. The zero-order chi connectivity index (χ0) is 17.4. The van der Waals surface area contributed by atoms with Crippen LogP contribution >= 0.6 is 11.3 Å². The molecule has 7 heteroatoms. The maximum atomic E-state index is 11.6. The fourth-order valence-corrected chi connectivity index (χ4v) is 3.11. The number of guanidine groups is 1. The number of nitrogens with one attached hydrogen (secondary N) is 2. The van der Waals surface area contributed by atoms with Crippen LogP contribution in [0.4, 0.5) is 0 Å². The smallest absolute Gasteiger partial charge is 0.243 e. The minimum Gasteiger partial charge on any atom is -0.357 e. The summed E-state index contributed by atoms with van der Waals surface area (Å²) < 4.78 is 1.23. The zero-order valence-corrected chi connectivity index (χ0v) is 15.3. The summed E-state index contributed by atoms with van der Waals surface area (Å²) in [6, 6.07) is 8.21. The summed E-state index contributed by atoms with van der Waals surface area (Å²) in [7, 11) is 3.46. The summed E-state index contributed by atoms with van der Waals surface area (Å²) in [5.74, 6) is 0.665. The van der Waals surface area contributed by atoms with Crippen LogP contribution in [-0.4, -0.2) is 55.5 Å². The molecule has 1 aromatic carbocycles. The van der Waals surface area contributed by atoms with E-state index < -0.39 is 0 Å². The molecule has 0 unspecified atom stereocenters. The van der Waals surface area contributed by atoms with Crippen LogP contribution in [0.3, 0.4) is 0 Å². The Morgan fingerprint density at radius 3 is 2.79 bits per heavy atom. The maximum Gasteiger partial charge on any atom is 0.243 e. The predicted octanol–water partition coefficient (Wildman–Crippen LogP) is 1.87. The van der Waals surface area contributed by atoms with Crippen LogP contribution in [0.25, 0.3) is 10.2 Å². The van der Waals surface area contributed by atoms with E-state index in [9.17, 15) is 4.79 Å². The number of aromatic nitrogens is 1. The largest absolute Gasteiger partial charge is 0.357 e. The van der Waals surface area contributed by atoms with Gasteiger partial charge in [0.2, 0.25) is 5.91 Å². The van der Waals surface area contributed by atoms with Crippen LogP contribution in [0.2, 0.25) is 0 Å². The Morgan fingerprint density at radius 1 is 1.29 bits per heavy atom. The maximum absolute atomic E-state index is 11.6. The number of hydrogen-bond donors (Lipinski definition) is 2. The highest BCUT2D eigenvalue weighted by atomic mass is 32.1. The quantitative estimate of drug-likeness (QED) is 0.456. The second-order valence-electron chi connectivity index (χ2n) is 5.59. The number of carbonyl (C=O) groups excluding carboxylic acids is 1. The summed E-state index contributed by atoms with van der Waals surface area (Å²) in [6.45, 7) is 3.71. The number of aryl methyl sites for hydroxylation is 1. The lowest BCUT2D eigenvalue weighted by molar-refractivity contribution is -0.127. The first kappa shape index (κ1) is 18.2. The molecule has 1 aromatic heterocycles. The SMILES string of the molecule is CCNC(=NCC(=O)N(C)C)NCCCc1nc2ccccc2s1. The third kappa shape index (κ3) is 5.49. The molecule has 130 valence electrons. The highest BCUT2D eigenvalue weighted by Gasteiger charge is 2.05. The van der Waals surface area contributed by atoms with Crippen LogP contribution in [0.5, 0.6) is 0 Å². The van der Waals surface area contributed by atoms with Gasteiger partial charge in [0.15, 0.2) is 5.96 Å². The average molecular weight is 347 g/mol. The second kappa shape index (κ2) is 9.22. The molecular formula is C17H25N5OS. The molecule has 0 aliphatic heterocycles. The van der Waals surface area contributed by atoms with Gasteiger partial charge in [-0.3, -0.25) is 4.79 Å². The molecule has 0 radical (unpaired) electrons. The van der Waals surface area contributed by atoms with E-state index in [1.54, 1.807) is 30.3 Å². The first-order chi connectivity index (χ1) is 11.6. The Bertz CT molecular complexity index is 662. The van der Waals surface area contributed by atoms with E-state index in [1.165, 1.54) is 4.70 Å². The lowest BCUT2D eigenvalue weighted by Gasteiger charge is -2.12. The molecule has 1 heterocycles. The van der Waals surface area contributed by atoms with Gasteiger partial charge in [-0.2, -0.15) is 0 Å². The Labute approximate surface area is 147 Å². The summed E-state index contributed by atoms with van der Waals surface area (Å²) in [5.41, 5.74) is 1.07. The van der Waals surface area contributed by atoms with Crippen LogP contribution in [0, 0.1) is 0 Å². The number of amides is 1. The molecule has 24 heavy (non-hydrogen) atoms. The van der Waals surface area contributed by atoms with E-state index >= 15 is 0 Å².